The quantitative estimate of drug-likeness (QED) is 0.351. The lowest BCUT2D eigenvalue weighted by Gasteiger charge is -2.29. The standard InChI is InChI=1S/C26H28FN5O2S/c1-3-6-22(25(33)31-11-13-34-14-12-31)35-26-28-24-23(29-30-26)19-15-17(2)9-10-21(19)32(24)16-18-7-4-5-8-20(18)27/h4-5,7-10,15,22H,3,6,11-14,16H2,1-2H3. The van der Waals surface area contributed by atoms with Crippen LogP contribution < -0.4 is 0 Å². The van der Waals surface area contributed by atoms with E-state index in [1.165, 1.54) is 17.8 Å². The van der Waals surface area contributed by atoms with Crippen molar-refractivity contribution in [2.24, 2.45) is 0 Å². The molecule has 0 N–H and O–H groups in total. The molecule has 0 radical (unpaired) electrons. The molecule has 0 saturated carbocycles. The monoisotopic (exact) mass is 493 g/mol. The predicted molar refractivity (Wildman–Crippen MR) is 135 cm³/mol. The number of rotatable bonds is 7. The third-order valence-electron chi connectivity index (χ3n) is 6.29. The molecule has 0 spiro atoms. The van der Waals surface area contributed by atoms with Gasteiger partial charge in [-0.2, -0.15) is 0 Å². The fourth-order valence-corrected chi connectivity index (χ4v) is 5.56. The van der Waals surface area contributed by atoms with Crippen molar-refractivity contribution in [1.29, 1.82) is 0 Å². The van der Waals surface area contributed by atoms with Crippen molar-refractivity contribution < 1.29 is 13.9 Å². The van der Waals surface area contributed by atoms with Gasteiger partial charge in [-0.3, -0.25) is 4.79 Å². The Morgan fingerprint density at radius 3 is 2.74 bits per heavy atom. The third kappa shape index (κ3) is 4.88. The van der Waals surface area contributed by atoms with Crippen LogP contribution in [-0.4, -0.2) is 62.1 Å². The van der Waals surface area contributed by atoms with Crippen LogP contribution in [0.5, 0.6) is 0 Å². The van der Waals surface area contributed by atoms with Crippen molar-refractivity contribution in [3.05, 3.63) is 59.4 Å². The fourth-order valence-electron chi connectivity index (χ4n) is 4.47. The number of carbonyl (C=O) groups excluding carboxylic acids is 1. The molecule has 4 aromatic rings. The van der Waals surface area contributed by atoms with Crippen LogP contribution in [0.2, 0.25) is 0 Å². The normalized spacial score (nSPS) is 15.1. The summed E-state index contributed by atoms with van der Waals surface area (Å²) in [5.41, 5.74) is 3.91. The summed E-state index contributed by atoms with van der Waals surface area (Å²) in [4.78, 5) is 19.9. The van der Waals surface area contributed by atoms with Gasteiger partial charge in [0.1, 0.15) is 11.3 Å². The summed E-state index contributed by atoms with van der Waals surface area (Å²) in [5, 5.41) is 10.0. The van der Waals surface area contributed by atoms with Gasteiger partial charge in [0.2, 0.25) is 11.1 Å². The minimum atomic E-state index is -0.288. The van der Waals surface area contributed by atoms with E-state index in [4.69, 9.17) is 9.72 Å². The molecule has 1 aliphatic heterocycles. The number of morpholine rings is 1. The zero-order chi connectivity index (χ0) is 24.4. The van der Waals surface area contributed by atoms with Crippen LogP contribution in [0.15, 0.2) is 47.6 Å². The van der Waals surface area contributed by atoms with Crippen molar-refractivity contribution >= 4 is 39.7 Å². The topological polar surface area (TPSA) is 73.1 Å². The Balaban J connectivity index is 1.54. The van der Waals surface area contributed by atoms with Gasteiger partial charge in [-0.25, -0.2) is 9.37 Å². The van der Waals surface area contributed by atoms with Crippen LogP contribution in [0.4, 0.5) is 4.39 Å². The van der Waals surface area contributed by atoms with E-state index in [-0.39, 0.29) is 17.0 Å². The number of aryl methyl sites for hydroxylation is 1. The second-order valence-corrected chi connectivity index (χ2v) is 9.97. The van der Waals surface area contributed by atoms with E-state index in [2.05, 4.69) is 23.2 Å². The van der Waals surface area contributed by atoms with Crippen LogP contribution in [0.1, 0.15) is 30.9 Å². The highest BCUT2D eigenvalue weighted by atomic mass is 32.2. The summed E-state index contributed by atoms with van der Waals surface area (Å²) in [7, 11) is 0. The lowest BCUT2D eigenvalue weighted by molar-refractivity contribution is -0.134. The SMILES string of the molecule is CCCC(Sc1nnc2c3cc(C)ccc3n(Cc3ccccc3F)c2n1)C(=O)N1CCOCC1. The molecule has 182 valence electrons. The number of thioether (sulfide) groups is 1. The van der Waals surface area contributed by atoms with Crippen LogP contribution in [-0.2, 0) is 16.1 Å². The second-order valence-electron chi connectivity index (χ2n) is 8.80. The van der Waals surface area contributed by atoms with E-state index in [9.17, 15) is 9.18 Å². The molecule has 35 heavy (non-hydrogen) atoms. The fraction of sp³-hybridized carbons (Fsp3) is 0.385. The van der Waals surface area contributed by atoms with Crippen LogP contribution in [0.3, 0.4) is 0 Å². The van der Waals surface area contributed by atoms with E-state index in [1.54, 1.807) is 12.1 Å². The first-order valence-electron chi connectivity index (χ1n) is 11.9. The minimum absolute atomic E-state index is 0.0892. The van der Waals surface area contributed by atoms with Crippen molar-refractivity contribution in [2.75, 3.05) is 26.3 Å². The first kappa shape index (κ1) is 23.7. The number of fused-ring (bicyclic) bond motifs is 3. The van der Waals surface area contributed by atoms with E-state index in [0.29, 0.717) is 54.7 Å². The molecule has 5 rings (SSSR count). The molecular formula is C26H28FN5O2S. The van der Waals surface area contributed by atoms with E-state index < -0.39 is 0 Å². The van der Waals surface area contributed by atoms with E-state index >= 15 is 0 Å². The van der Waals surface area contributed by atoms with Gasteiger partial charge < -0.3 is 14.2 Å². The summed E-state index contributed by atoms with van der Waals surface area (Å²) in [5.74, 6) is -0.170. The van der Waals surface area contributed by atoms with Crippen molar-refractivity contribution in [2.45, 2.75) is 43.6 Å². The Hall–Kier alpha value is -3.04. The van der Waals surface area contributed by atoms with Gasteiger partial charge in [-0.15, -0.1) is 10.2 Å². The molecule has 1 aliphatic rings. The number of halogens is 1. The Morgan fingerprint density at radius 2 is 1.97 bits per heavy atom. The highest BCUT2D eigenvalue weighted by Gasteiger charge is 2.28. The summed E-state index contributed by atoms with van der Waals surface area (Å²) >= 11 is 1.36. The summed E-state index contributed by atoms with van der Waals surface area (Å²) in [6, 6.07) is 12.9. The predicted octanol–water partition coefficient (Wildman–Crippen LogP) is 4.59. The average Bonchev–Trinajstić information content (AvgIpc) is 3.17. The summed E-state index contributed by atoms with van der Waals surface area (Å²) < 4.78 is 21.9. The van der Waals surface area contributed by atoms with Gasteiger partial charge in [-0.05, 0) is 31.5 Å². The highest BCUT2D eigenvalue weighted by Crippen LogP contribution is 2.31. The largest absolute Gasteiger partial charge is 0.378 e. The summed E-state index contributed by atoms with van der Waals surface area (Å²) in [6.07, 6.45) is 1.59. The zero-order valence-corrected chi connectivity index (χ0v) is 20.7. The Labute approximate surface area is 207 Å². The molecule has 2 aromatic heterocycles. The molecule has 1 fully saturated rings. The number of hydrogen-bond donors (Lipinski definition) is 0. The first-order valence-corrected chi connectivity index (χ1v) is 12.8. The number of hydrogen-bond acceptors (Lipinski definition) is 6. The molecule has 2 aromatic carbocycles. The maximum absolute atomic E-state index is 14.5. The van der Waals surface area contributed by atoms with E-state index in [0.717, 1.165) is 29.3 Å². The Morgan fingerprint density at radius 1 is 1.17 bits per heavy atom. The lowest BCUT2D eigenvalue weighted by Crippen LogP contribution is -2.44. The first-order chi connectivity index (χ1) is 17.0. The number of amides is 1. The molecule has 0 aliphatic carbocycles. The minimum Gasteiger partial charge on any atom is -0.378 e. The number of aromatic nitrogens is 4. The summed E-state index contributed by atoms with van der Waals surface area (Å²) in [6.45, 7) is 6.75. The molecule has 0 bridgehead atoms. The van der Waals surface area contributed by atoms with Gasteiger partial charge in [-0.1, -0.05) is 54.9 Å². The number of nitrogens with zero attached hydrogens (tertiary/aromatic N) is 5. The van der Waals surface area contributed by atoms with Gasteiger partial charge in [0.25, 0.3) is 0 Å². The maximum atomic E-state index is 14.5. The number of carbonyl (C=O) groups is 1. The second kappa shape index (κ2) is 10.3. The van der Waals surface area contributed by atoms with E-state index in [1.807, 2.05) is 34.6 Å². The average molecular weight is 494 g/mol. The Kier molecular flexibility index (Phi) is 6.97. The van der Waals surface area contributed by atoms with Gasteiger partial charge in [0.05, 0.1) is 30.5 Å². The van der Waals surface area contributed by atoms with Crippen LogP contribution in [0, 0.1) is 12.7 Å². The Bertz CT molecular complexity index is 1370. The molecule has 3 heterocycles. The number of benzene rings is 2. The van der Waals surface area contributed by atoms with Crippen molar-refractivity contribution in [3.8, 4) is 0 Å². The van der Waals surface area contributed by atoms with Gasteiger partial charge in [0, 0.05) is 24.0 Å². The number of ether oxygens (including phenoxy) is 1. The highest BCUT2D eigenvalue weighted by molar-refractivity contribution is 8.00. The van der Waals surface area contributed by atoms with Gasteiger partial charge >= 0.3 is 0 Å². The molecule has 9 heteroatoms. The van der Waals surface area contributed by atoms with Gasteiger partial charge in [0.15, 0.2) is 5.65 Å². The molecule has 1 saturated heterocycles. The van der Waals surface area contributed by atoms with Crippen molar-refractivity contribution in [1.82, 2.24) is 24.6 Å². The van der Waals surface area contributed by atoms with Crippen LogP contribution in [0.25, 0.3) is 22.1 Å². The van der Waals surface area contributed by atoms with Crippen molar-refractivity contribution in [3.63, 3.8) is 0 Å². The lowest BCUT2D eigenvalue weighted by atomic mass is 10.1. The molecule has 1 unspecified atom stereocenters. The molecule has 1 amide bonds. The molecular weight excluding hydrogens is 465 g/mol. The van der Waals surface area contributed by atoms with Crippen LogP contribution >= 0.6 is 11.8 Å². The zero-order valence-electron chi connectivity index (χ0n) is 19.9. The molecule has 1 atom stereocenters. The third-order valence-corrected chi connectivity index (χ3v) is 7.39. The molecule has 7 nitrogen and oxygen atoms in total. The smallest absolute Gasteiger partial charge is 0.236 e. The maximum Gasteiger partial charge on any atom is 0.236 e.